The summed E-state index contributed by atoms with van der Waals surface area (Å²) >= 11 is 0. The van der Waals surface area contributed by atoms with Crippen LogP contribution in [0.1, 0.15) is 18.2 Å². The van der Waals surface area contributed by atoms with Gasteiger partial charge in [-0.25, -0.2) is 4.98 Å². The van der Waals surface area contributed by atoms with Crippen LogP contribution < -0.4 is 4.18 Å². The van der Waals surface area contributed by atoms with Crippen molar-refractivity contribution in [3.8, 4) is 5.75 Å². The van der Waals surface area contributed by atoms with Crippen LogP contribution in [0.2, 0.25) is 0 Å². The van der Waals surface area contributed by atoms with Crippen molar-refractivity contribution in [2.45, 2.75) is 24.6 Å². The molecule has 1 aliphatic rings. The van der Waals surface area contributed by atoms with Crippen molar-refractivity contribution in [1.82, 2.24) is 9.55 Å². The molecule has 3 rings (SSSR count). The summed E-state index contributed by atoms with van der Waals surface area (Å²) < 4.78 is 72.2. The van der Waals surface area contributed by atoms with Gasteiger partial charge in [0.2, 0.25) is 0 Å². The Morgan fingerprint density at radius 2 is 2.04 bits per heavy atom. The summed E-state index contributed by atoms with van der Waals surface area (Å²) in [6.45, 7) is 2.14. The molecule has 0 radical (unpaired) electrons. The number of alkyl halides is 3. The average Bonchev–Trinajstić information content (AvgIpc) is 2.96. The molecule has 0 fully saturated rings. The van der Waals surface area contributed by atoms with Crippen molar-refractivity contribution in [1.29, 1.82) is 0 Å². The van der Waals surface area contributed by atoms with Gasteiger partial charge in [-0.1, -0.05) is 18.2 Å². The molecule has 6 nitrogen and oxygen atoms in total. The second kappa shape index (κ2) is 5.49. The maximum Gasteiger partial charge on any atom is 0.534 e. The van der Waals surface area contributed by atoms with Crippen LogP contribution >= 0.6 is 0 Å². The predicted octanol–water partition coefficient (Wildman–Crippen LogP) is 2.41. The number of benzene rings is 1. The molecular formula is C14H13F3N2O4S. The summed E-state index contributed by atoms with van der Waals surface area (Å²) in [4.78, 5) is 4.01. The van der Waals surface area contributed by atoms with E-state index in [1.54, 1.807) is 23.8 Å². The zero-order chi connectivity index (χ0) is 17.6. The molecule has 0 saturated carbocycles. The largest absolute Gasteiger partial charge is 0.534 e. The number of fused-ring (bicyclic) bond motifs is 1. The smallest absolute Gasteiger partial charge is 0.376 e. The van der Waals surface area contributed by atoms with Gasteiger partial charge in [-0.05, 0) is 13.0 Å². The monoisotopic (exact) mass is 362 g/mol. The second-order valence-electron chi connectivity index (χ2n) is 5.50. The number of halogens is 3. The molecule has 130 valence electrons. The van der Waals surface area contributed by atoms with Crippen molar-refractivity contribution < 1.29 is 30.5 Å². The molecule has 1 aromatic carbocycles. The quantitative estimate of drug-likeness (QED) is 0.619. The highest BCUT2D eigenvalue weighted by Crippen LogP contribution is 2.38. The summed E-state index contributed by atoms with van der Waals surface area (Å²) in [6.07, 6.45) is 3.10. The van der Waals surface area contributed by atoms with Gasteiger partial charge < -0.3 is 13.5 Å². The van der Waals surface area contributed by atoms with E-state index in [9.17, 15) is 21.6 Å². The lowest BCUT2D eigenvalue weighted by Crippen LogP contribution is -2.41. The molecule has 0 N–H and O–H groups in total. The van der Waals surface area contributed by atoms with Crippen LogP contribution in [0.15, 0.2) is 36.8 Å². The topological polar surface area (TPSA) is 70.4 Å². The van der Waals surface area contributed by atoms with Crippen molar-refractivity contribution in [2.75, 3.05) is 6.61 Å². The summed E-state index contributed by atoms with van der Waals surface area (Å²) in [5.74, 6) is -0.400. The zero-order valence-electron chi connectivity index (χ0n) is 12.4. The van der Waals surface area contributed by atoms with Crippen LogP contribution in [-0.4, -0.2) is 30.1 Å². The van der Waals surface area contributed by atoms with E-state index in [4.69, 9.17) is 4.74 Å². The number of hydrogen-bond donors (Lipinski definition) is 0. The molecule has 2 heterocycles. The van der Waals surface area contributed by atoms with E-state index in [0.29, 0.717) is 6.61 Å². The summed E-state index contributed by atoms with van der Waals surface area (Å²) in [5, 5.41) is 0. The van der Waals surface area contributed by atoms with Crippen molar-refractivity contribution in [2.24, 2.45) is 0 Å². The van der Waals surface area contributed by atoms with Gasteiger partial charge >= 0.3 is 15.6 Å². The normalized spacial score (nSPS) is 21.3. The molecule has 0 bridgehead atoms. The van der Waals surface area contributed by atoms with E-state index in [0.717, 1.165) is 5.69 Å². The molecule has 10 heteroatoms. The Morgan fingerprint density at radius 3 is 2.75 bits per heavy atom. The van der Waals surface area contributed by atoms with Crippen LogP contribution in [0.25, 0.3) is 0 Å². The molecule has 2 aromatic rings. The van der Waals surface area contributed by atoms with Gasteiger partial charge in [-0.2, -0.15) is 21.6 Å². The maximum atomic E-state index is 12.6. The van der Waals surface area contributed by atoms with Gasteiger partial charge in [-0.15, -0.1) is 0 Å². The van der Waals surface area contributed by atoms with Gasteiger partial charge in [0, 0.05) is 5.56 Å². The van der Waals surface area contributed by atoms with E-state index < -0.39 is 26.9 Å². The minimum Gasteiger partial charge on any atom is -0.376 e. The molecule has 1 aliphatic heterocycles. The predicted molar refractivity (Wildman–Crippen MR) is 76.7 cm³/mol. The van der Waals surface area contributed by atoms with E-state index in [2.05, 4.69) is 9.17 Å². The molecule has 1 unspecified atom stereocenters. The Labute approximate surface area is 136 Å². The van der Waals surface area contributed by atoms with Crippen molar-refractivity contribution in [3.63, 3.8) is 0 Å². The number of imidazole rings is 1. The zero-order valence-corrected chi connectivity index (χ0v) is 13.3. The van der Waals surface area contributed by atoms with Gasteiger partial charge in [-0.3, -0.25) is 0 Å². The maximum absolute atomic E-state index is 12.6. The lowest BCUT2D eigenvalue weighted by Gasteiger charge is -2.37. The lowest BCUT2D eigenvalue weighted by molar-refractivity contribution is -0.0501. The molecule has 0 spiro atoms. The Balaban J connectivity index is 2.09. The number of para-hydroxylation sites is 1. The summed E-state index contributed by atoms with van der Waals surface area (Å²) in [7, 11) is -5.77. The fourth-order valence-corrected chi connectivity index (χ4v) is 3.13. The van der Waals surface area contributed by atoms with Crippen molar-refractivity contribution >= 4 is 10.1 Å². The molecule has 0 amide bonds. The minimum absolute atomic E-state index is 0.128. The lowest BCUT2D eigenvalue weighted by atomic mass is 9.90. The van der Waals surface area contributed by atoms with Crippen LogP contribution in [0, 0.1) is 0 Å². The molecular weight excluding hydrogens is 349 g/mol. The highest BCUT2D eigenvalue weighted by molar-refractivity contribution is 7.88. The Hall–Kier alpha value is -2.07. The molecule has 24 heavy (non-hydrogen) atoms. The summed E-state index contributed by atoms with van der Waals surface area (Å²) in [6, 6.07) is 5.65. The SMILES string of the molecule is CC1(c2ccccc2OS(=O)(=O)C(F)(F)F)COCc2cncn21. The molecule has 1 atom stereocenters. The fourth-order valence-electron chi connectivity index (χ4n) is 2.65. The highest BCUT2D eigenvalue weighted by Gasteiger charge is 2.49. The fraction of sp³-hybridized carbons (Fsp3) is 0.357. The van der Waals surface area contributed by atoms with E-state index in [1.807, 2.05) is 0 Å². The first-order valence-electron chi connectivity index (χ1n) is 6.85. The average molecular weight is 362 g/mol. The third-order valence-electron chi connectivity index (χ3n) is 3.83. The van der Waals surface area contributed by atoms with Gasteiger partial charge in [0.15, 0.2) is 0 Å². The standard InChI is InChI=1S/C14H13F3N2O4S/c1-13(8-22-7-10-6-18-9-19(10)13)11-4-2-3-5-12(11)23-24(20,21)14(15,16)17/h2-6,9H,7-8H2,1H3. The van der Waals surface area contributed by atoms with Gasteiger partial charge in [0.25, 0.3) is 0 Å². The summed E-state index contributed by atoms with van der Waals surface area (Å²) in [5.41, 5.74) is -5.50. The van der Waals surface area contributed by atoms with Crippen LogP contribution in [0.4, 0.5) is 13.2 Å². The van der Waals surface area contributed by atoms with Crippen molar-refractivity contribution in [3.05, 3.63) is 48.0 Å². The molecule has 0 aliphatic carbocycles. The third kappa shape index (κ3) is 2.65. The molecule has 0 saturated heterocycles. The first-order chi connectivity index (χ1) is 11.2. The Morgan fingerprint density at radius 1 is 1.33 bits per heavy atom. The highest BCUT2D eigenvalue weighted by atomic mass is 32.2. The van der Waals surface area contributed by atoms with Crippen LogP contribution in [0.5, 0.6) is 5.75 Å². The first-order valence-corrected chi connectivity index (χ1v) is 8.26. The van der Waals surface area contributed by atoms with Crippen LogP contribution in [-0.2, 0) is 27.0 Å². The van der Waals surface area contributed by atoms with E-state index in [-0.39, 0.29) is 12.2 Å². The number of hydrogen-bond acceptors (Lipinski definition) is 5. The van der Waals surface area contributed by atoms with Gasteiger partial charge in [0.05, 0.1) is 37.0 Å². The Kier molecular flexibility index (Phi) is 3.83. The Bertz CT molecular complexity index is 863. The number of nitrogens with zero attached hydrogens (tertiary/aromatic N) is 2. The van der Waals surface area contributed by atoms with Gasteiger partial charge in [0.1, 0.15) is 5.75 Å². The van der Waals surface area contributed by atoms with Crippen LogP contribution in [0.3, 0.4) is 0 Å². The molecule has 1 aromatic heterocycles. The third-order valence-corrected chi connectivity index (χ3v) is 4.80. The number of ether oxygens (including phenoxy) is 1. The first kappa shape index (κ1) is 16.8. The van der Waals surface area contributed by atoms with E-state index >= 15 is 0 Å². The van der Waals surface area contributed by atoms with E-state index in [1.165, 1.54) is 24.5 Å². The second-order valence-corrected chi connectivity index (χ2v) is 7.04. The number of aromatic nitrogens is 2. The number of rotatable bonds is 3. The minimum atomic E-state index is -5.77.